The van der Waals surface area contributed by atoms with E-state index in [1.807, 2.05) is 30.3 Å². The summed E-state index contributed by atoms with van der Waals surface area (Å²) in [6, 6.07) is 9.86. The van der Waals surface area contributed by atoms with Crippen LogP contribution in [0.1, 0.15) is 18.1 Å². The minimum Gasteiger partial charge on any atom is -0.378 e. The highest BCUT2D eigenvalue weighted by atomic mass is 31.2. The Balaban J connectivity index is 2.20. The van der Waals surface area contributed by atoms with Gasteiger partial charge in [-0.05, 0) is 5.56 Å². The number of ether oxygens (including phenoxy) is 2. The van der Waals surface area contributed by atoms with Gasteiger partial charge in [0.2, 0.25) is 0 Å². The van der Waals surface area contributed by atoms with Crippen molar-refractivity contribution in [2.24, 2.45) is 0 Å². The average Bonchev–Trinajstić information content (AvgIpc) is 2.97. The summed E-state index contributed by atoms with van der Waals surface area (Å²) in [5.41, 5.74) is 1.34. The minimum atomic E-state index is -1.89. The van der Waals surface area contributed by atoms with Crippen LogP contribution in [-0.4, -0.2) is 47.0 Å². The molecule has 4 radical (unpaired) electrons. The van der Waals surface area contributed by atoms with E-state index < -0.39 is 14.5 Å². The van der Waals surface area contributed by atoms with E-state index in [4.69, 9.17) is 29.7 Å². The summed E-state index contributed by atoms with van der Waals surface area (Å²) in [7, 11) is 12.9. The first-order chi connectivity index (χ1) is 10.1. The fraction of sp³-hybridized carbons (Fsp3) is 0.429. The van der Waals surface area contributed by atoms with Crippen molar-refractivity contribution in [3.05, 3.63) is 46.6 Å². The molecule has 3 unspecified atom stereocenters. The van der Waals surface area contributed by atoms with Gasteiger partial charge in [-0.3, -0.25) is 0 Å². The van der Waals surface area contributed by atoms with Gasteiger partial charge in [-0.2, -0.15) is 0 Å². The van der Waals surface area contributed by atoms with Crippen LogP contribution in [0.25, 0.3) is 0 Å². The van der Waals surface area contributed by atoms with Crippen molar-refractivity contribution in [1.82, 2.24) is 0 Å². The zero-order valence-electron chi connectivity index (χ0n) is 12.1. The average molecular weight is 302 g/mol. The second kappa shape index (κ2) is 7.57. The largest absolute Gasteiger partial charge is 0.378 e. The second-order valence-corrected chi connectivity index (χ2v) is 6.15. The summed E-state index contributed by atoms with van der Waals surface area (Å²) in [6.07, 6.45) is -0.142. The molecule has 7 heteroatoms. The van der Waals surface area contributed by atoms with Gasteiger partial charge in [0.05, 0.1) is 18.3 Å². The molecule has 1 fully saturated rings. The van der Waals surface area contributed by atoms with Crippen molar-refractivity contribution in [2.45, 2.75) is 24.7 Å². The van der Waals surface area contributed by atoms with E-state index >= 15 is 0 Å². The molecule has 1 aliphatic heterocycles. The van der Waals surface area contributed by atoms with Gasteiger partial charge >= 0.3 is 0 Å². The zero-order valence-corrected chi connectivity index (χ0v) is 13.0. The molecule has 1 aromatic carbocycles. The molecule has 1 aliphatic rings. The number of rotatable bonds is 5. The van der Waals surface area contributed by atoms with Gasteiger partial charge in [0, 0.05) is 20.6 Å². The smallest absolute Gasteiger partial charge is 0.185 e. The van der Waals surface area contributed by atoms with E-state index in [-0.39, 0.29) is 22.9 Å². The molecule has 21 heavy (non-hydrogen) atoms. The van der Waals surface area contributed by atoms with Crippen LogP contribution in [-0.2, 0) is 14.0 Å². The van der Waals surface area contributed by atoms with Gasteiger partial charge in [0.1, 0.15) is 15.7 Å². The molecule has 1 heterocycles. The van der Waals surface area contributed by atoms with Crippen molar-refractivity contribution in [2.75, 3.05) is 14.2 Å². The van der Waals surface area contributed by atoms with Gasteiger partial charge in [-0.1, -0.05) is 41.0 Å². The third kappa shape index (κ3) is 3.77. The molecule has 1 N–H and O–H groups in total. The molecule has 1 aromatic rings. The predicted octanol–water partition coefficient (Wildman–Crippen LogP) is 1.99. The van der Waals surface area contributed by atoms with Gasteiger partial charge in [0.15, 0.2) is 8.38 Å². The normalized spacial score (nSPS) is 28.2. The molecule has 4 atom stereocenters. The number of benzene rings is 1. The summed E-state index contributed by atoms with van der Waals surface area (Å²) in [4.78, 5) is 9.68. The van der Waals surface area contributed by atoms with Crippen LogP contribution >= 0.6 is 8.38 Å². The molecular formula is C14H17B2O4P. The Morgan fingerprint density at radius 1 is 1.29 bits per heavy atom. The molecule has 0 saturated carbocycles. The maximum absolute atomic E-state index is 9.68. The summed E-state index contributed by atoms with van der Waals surface area (Å²) in [5.74, 6) is 0. The fourth-order valence-electron chi connectivity index (χ4n) is 2.39. The first-order valence-electron chi connectivity index (χ1n) is 6.59. The molecule has 4 nitrogen and oxygen atoms in total. The van der Waals surface area contributed by atoms with E-state index in [0.29, 0.717) is 6.42 Å². The van der Waals surface area contributed by atoms with Gasteiger partial charge in [-0.25, -0.2) is 0 Å². The van der Waals surface area contributed by atoms with Gasteiger partial charge in [-0.15, -0.1) is 0 Å². The highest BCUT2D eigenvalue weighted by molar-refractivity contribution is 7.53. The van der Waals surface area contributed by atoms with Crippen molar-refractivity contribution in [3.63, 3.8) is 0 Å². The van der Waals surface area contributed by atoms with Crippen LogP contribution in [0.5, 0.6) is 0 Å². The van der Waals surface area contributed by atoms with E-state index in [1.165, 1.54) is 7.11 Å². The third-order valence-corrected chi connectivity index (χ3v) is 4.57. The van der Waals surface area contributed by atoms with Crippen LogP contribution in [0.2, 0.25) is 0 Å². The van der Waals surface area contributed by atoms with Crippen LogP contribution in [0.3, 0.4) is 0 Å². The Hall–Kier alpha value is -0.640. The maximum Gasteiger partial charge on any atom is 0.185 e. The minimum absolute atomic E-state index is 0.111. The van der Waals surface area contributed by atoms with Crippen molar-refractivity contribution in [3.8, 4) is 0 Å². The monoisotopic (exact) mass is 302 g/mol. The zero-order chi connectivity index (χ0) is 15.4. The molecular weight excluding hydrogens is 285 g/mol. The van der Waals surface area contributed by atoms with Crippen molar-refractivity contribution in [1.29, 1.82) is 0 Å². The standard InChI is InChI=1S/C14H17B2O4P/c1-18-11-8-10(9-6-4-3-5-7-9)20-13(11)12(15)14(16)21(17)19-2/h3-7,10-11,13,17H,8H2,1-2H3/b14-12-/t10?,11-,13?,21?/m0/s1. The first-order valence-corrected chi connectivity index (χ1v) is 7.81. The Morgan fingerprint density at radius 3 is 2.52 bits per heavy atom. The highest BCUT2D eigenvalue weighted by Crippen LogP contribution is 2.43. The number of methoxy groups -OCH3 is 1. The van der Waals surface area contributed by atoms with Crippen LogP contribution in [0, 0.1) is 0 Å². The topological polar surface area (TPSA) is 47.9 Å². The first kappa shape index (κ1) is 16.7. The van der Waals surface area contributed by atoms with E-state index in [2.05, 4.69) is 0 Å². The summed E-state index contributed by atoms with van der Waals surface area (Å²) >= 11 is 0. The lowest BCUT2D eigenvalue weighted by molar-refractivity contribution is 0.0193. The van der Waals surface area contributed by atoms with Crippen LogP contribution < -0.4 is 0 Å². The molecule has 0 aromatic heterocycles. The van der Waals surface area contributed by atoms with Crippen LogP contribution in [0.15, 0.2) is 41.0 Å². The summed E-state index contributed by atoms with van der Waals surface area (Å²) in [6.45, 7) is 0. The van der Waals surface area contributed by atoms with Gasteiger partial charge in [0.25, 0.3) is 0 Å². The molecule has 0 bridgehead atoms. The second-order valence-electron chi connectivity index (χ2n) is 4.76. The maximum atomic E-state index is 9.68. The number of hydrogen-bond donors (Lipinski definition) is 1. The Bertz CT molecular complexity index is 497. The fourth-order valence-corrected chi connectivity index (χ4v) is 2.93. The molecule has 0 aliphatic carbocycles. The molecule has 0 amide bonds. The highest BCUT2D eigenvalue weighted by Gasteiger charge is 2.37. The number of hydrogen-bond acceptors (Lipinski definition) is 4. The van der Waals surface area contributed by atoms with Crippen molar-refractivity contribution < 1.29 is 18.9 Å². The SMILES string of the molecule is [B]/C(=C(/[B])P(O)OC)C1OC(c2ccccc2)C[C@@H]1OC. The predicted molar refractivity (Wildman–Crippen MR) is 84.2 cm³/mol. The van der Waals surface area contributed by atoms with Crippen molar-refractivity contribution >= 4 is 24.1 Å². The van der Waals surface area contributed by atoms with E-state index in [1.54, 1.807) is 7.11 Å². The molecule has 1 saturated heterocycles. The quantitative estimate of drug-likeness (QED) is 0.667. The lowest BCUT2D eigenvalue weighted by Gasteiger charge is -2.22. The summed E-state index contributed by atoms with van der Waals surface area (Å²) in [5, 5.41) is 0.119. The van der Waals surface area contributed by atoms with E-state index in [9.17, 15) is 4.89 Å². The lowest BCUT2D eigenvalue weighted by atomic mass is 9.82. The Kier molecular flexibility index (Phi) is 6.03. The lowest BCUT2D eigenvalue weighted by Crippen LogP contribution is -2.26. The van der Waals surface area contributed by atoms with Gasteiger partial charge < -0.3 is 18.9 Å². The summed E-state index contributed by atoms with van der Waals surface area (Å²) < 4.78 is 16.3. The molecule has 0 spiro atoms. The molecule has 108 valence electrons. The molecule has 2 rings (SSSR count). The van der Waals surface area contributed by atoms with E-state index in [0.717, 1.165) is 5.56 Å². The third-order valence-electron chi connectivity index (χ3n) is 3.55. The van der Waals surface area contributed by atoms with Crippen LogP contribution in [0.4, 0.5) is 0 Å². The Labute approximate surface area is 129 Å². The Morgan fingerprint density at radius 2 is 1.95 bits per heavy atom.